The zero-order valence-corrected chi connectivity index (χ0v) is 8.35. The molecule has 0 aliphatic rings. The molecule has 74 valence electrons. The molecule has 2 aromatic heterocycles. The van der Waals surface area contributed by atoms with Crippen molar-refractivity contribution >= 4 is 5.52 Å². The molecule has 3 heteroatoms. The Bertz CT molecular complexity index is 419. The Morgan fingerprint density at radius 2 is 2.36 bits per heavy atom. The van der Waals surface area contributed by atoms with Gasteiger partial charge >= 0.3 is 0 Å². The lowest BCUT2D eigenvalue weighted by Crippen LogP contribution is -2.09. The van der Waals surface area contributed by atoms with Crippen LogP contribution in [-0.2, 0) is 0 Å². The summed E-state index contributed by atoms with van der Waals surface area (Å²) in [4.78, 5) is 0. The van der Waals surface area contributed by atoms with Crippen molar-refractivity contribution in [2.45, 2.75) is 25.8 Å². The van der Waals surface area contributed by atoms with Crippen molar-refractivity contribution in [3.8, 4) is 0 Å². The maximum Gasteiger partial charge on any atom is 0.0709 e. The van der Waals surface area contributed by atoms with Crippen LogP contribution in [0.2, 0.25) is 0 Å². The molecule has 0 fully saturated rings. The van der Waals surface area contributed by atoms with Gasteiger partial charge in [0.1, 0.15) is 0 Å². The minimum Gasteiger partial charge on any atom is -0.324 e. The highest BCUT2D eigenvalue weighted by Gasteiger charge is 2.10. The van der Waals surface area contributed by atoms with Crippen LogP contribution in [0.15, 0.2) is 30.6 Å². The van der Waals surface area contributed by atoms with Crippen molar-refractivity contribution in [1.29, 1.82) is 0 Å². The van der Waals surface area contributed by atoms with Gasteiger partial charge in [-0.15, -0.1) is 0 Å². The highest BCUT2D eigenvalue weighted by atomic mass is 15.2. The number of aromatic nitrogens is 2. The molecule has 0 aliphatic carbocycles. The van der Waals surface area contributed by atoms with Gasteiger partial charge in [0.2, 0.25) is 0 Å². The van der Waals surface area contributed by atoms with E-state index in [0.29, 0.717) is 0 Å². The minimum absolute atomic E-state index is 0.111. The lowest BCUT2D eigenvalue weighted by atomic mass is 10.1. The smallest absolute Gasteiger partial charge is 0.0709 e. The van der Waals surface area contributed by atoms with Crippen molar-refractivity contribution < 1.29 is 0 Å². The lowest BCUT2D eigenvalue weighted by Gasteiger charge is -2.07. The number of fused-ring (bicyclic) bond motifs is 1. The van der Waals surface area contributed by atoms with Gasteiger partial charge in [-0.2, -0.15) is 5.10 Å². The fraction of sp³-hybridized carbons (Fsp3) is 0.364. The Balaban J connectivity index is 2.42. The molecule has 0 spiro atoms. The average molecular weight is 189 g/mol. The Morgan fingerprint density at radius 3 is 3.14 bits per heavy atom. The van der Waals surface area contributed by atoms with Crippen molar-refractivity contribution in [3.63, 3.8) is 0 Å². The third-order valence-corrected chi connectivity index (χ3v) is 2.46. The molecular formula is C11H15N3. The number of nitrogens with zero attached hydrogens (tertiary/aromatic N) is 2. The summed E-state index contributed by atoms with van der Waals surface area (Å²) in [5.74, 6) is 0. The first-order valence-corrected chi connectivity index (χ1v) is 5.00. The van der Waals surface area contributed by atoms with Crippen LogP contribution in [0.25, 0.3) is 5.52 Å². The first kappa shape index (κ1) is 9.21. The molecule has 2 heterocycles. The van der Waals surface area contributed by atoms with E-state index >= 15 is 0 Å². The standard InChI is InChI=1S/C11H15N3/c1-2-5-10(12)9-8-13-14-7-4-3-6-11(9)14/h3-4,6-8,10H,2,5,12H2,1H3. The molecule has 0 aromatic carbocycles. The largest absolute Gasteiger partial charge is 0.324 e. The Labute approximate surface area is 83.5 Å². The van der Waals surface area contributed by atoms with Crippen molar-refractivity contribution in [3.05, 3.63) is 36.2 Å². The topological polar surface area (TPSA) is 43.3 Å². The summed E-state index contributed by atoms with van der Waals surface area (Å²) in [5.41, 5.74) is 8.33. The van der Waals surface area contributed by atoms with E-state index in [1.54, 1.807) is 0 Å². The van der Waals surface area contributed by atoms with E-state index in [1.807, 2.05) is 29.0 Å². The molecule has 0 bridgehead atoms. The summed E-state index contributed by atoms with van der Waals surface area (Å²) in [5, 5.41) is 4.26. The zero-order chi connectivity index (χ0) is 9.97. The lowest BCUT2D eigenvalue weighted by molar-refractivity contribution is 0.642. The first-order valence-electron chi connectivity index (χ1n) is 5.00. The summed E-state index contributed by atoms with van der Waals surface area (Å²) in [6.07, 6.45) is 5.93. The molecule has 0 radical (unpaired) electrons. The van der Waals surface area contributed by atoms with Gasteiger partial charge in [0.25, 0.3) is 0 Å². The normalized spacial score (nSPS) is 13.3. The van der Waals surface area contributed by atoms with Crippen molar-refractivity contribution in [2.75, 3.05) is 0 Å². The van der Waals surface area contributed by atoms with Crippen molar-refractivity contribution in [2.24, 2.45) is 5.73 Å². The average Bonchev–Trinajstić information content (AvgIpc) is 2.61. The van der Waals surface area contributed by atoms with Gasteiger partial charge in [-0.1, -0.05) is 19.4 Å². The van der Waals surface area contributed by atoms with Gasteiger partial charge < -0.3 is 5.73 Å². The first-order chi connectivity index (χ1) is 6.83. The highest BCUT2D eigenvalue weighted by Crippen LogP contribution is 2.20. The molecule has 0 saturated heterocycles. The van der Waals surface area contributed by atoms with E-state index in [-0.39, 0.29) is 6.04 Å². The van der Waals surface area contributed by atoms with E-state index in [4.69, 9.17) is 5.73 Å². The van der Waals surface area contributed by atoms with Gasteiger partial charge in [-0.25, -0.2) is 4.52 Å². The van der Waals surface area contributed by atoms with Crippen LogP contribution in [0, 0.1) is 0 Å². The van der Waals surface area contributed by atoms with Crippen LogP contribution in [0.4, 0.5) is 0 Å². The summed E-state index contributed by atoms with van der Waals surface area (Å²) >= 11 is 0. The summed E-state index contributed by atoms with van der Waals surface area (Å²) in [6, 6.07) is 6.14. The van der Waals surface area contributed by atoms with E-state index in [9.17, 15) is 0 Å². The van der Waals surface area contributed by atoms with Crippen LogP contribution in [0.3, 0.4) is 0 Å². The van der Waals surface area contributed by atoms with Crippen molar-refractivity contribution in [1.82, 2.24) is 9.61 Å². The minimum atomic E-state index is 0.111. The number of pyridine rings is 1. The Morgan fingerprint density at radius 1 is 1.50 bits per heavy atom. The van der Waals surface area contributed by atoms with Crippen LogP contribution >= 0.6 is 0 Å². The fourth-order valence-corrected chi connectivity index (χ4v) is 1.71. The monoisotopic (exact) mass is 189 g/mol. The SMILES string of the molecule is CCCC(N)c1cnn2ccccc12. The van der Waals surface area contributed by atoms with E-state index < -0.39 is 0 Å². The number of nitrogens with two attached hydrogens (primary N) is 1. The van der Waals surface area contributed by atoms with Crippen LogP contribution < -0.4 is 5.73 Å². The third-order valence-electron chi connectivity index (χ3n) is 2.46. The predicted octanol–water partition coefficient (Wildman–Crippen LogP) is 2.13. The number of hydrogen-bond donors (Lipinski definition) is 1. The molecule has 2 rings (SSSR count). The van der Waals surface area contributed by atoms with E-state index in [2.05, 4.69) is 18.1 Å². The van der Waals surface area contributed by atoms with Crippen LogP contribution in [-0.4, -0.2) is 9.61 Å². The summed E-state index contributed by atoms with van der Waals surface area (Å²) in [6.45, 7) is 2.14. The molecule has 0 aliphatic heterocycles. The Kier molecular flexibility index (Phi) is 2.50. The quantitative estimate of drug-likeness (QED) is 0.803. The maximum atomic E-state index is 6.06. The molecule has 1 unspecified atom stereocenters. The molecule has 3 nitrogen and oxygen atoms in total. The molecule has 0 saturated carbocycles. The summed E-state index contributed by atoms with van der Waals surface area (Å²) < 4.78 is 1.87. The van der Waals surface area contributed by atoms with Gasteiger partial charge in [0, 0.05) is 17.8 Å². The maximum absolute atomic E-state index is 6.06. The van der Waals surface area contributed by atoms with Gasteiger partial charge in [-0.3, -0.25) is 0 Å². The second-order valence-electron chi connectivity index (χ2n) is 3.53. The molecule has 0 amide bonds. The zero-order valence-electron chi connectivity index (χ0n) is 8.35. The van der Waals surface area contributed by atoms with Crippen LogP contribution in [0.1, 0.15) is 31.4 Å². The number of rotatable bonds is 3. The molecule has 1 atom stereocenters. The van der Waals surface area contributed by atoms with Gasteiger partial charge in [-0.05, 0) is 18.6 Å². The highest BCUT2D eigenvalue weighted by molar-refractivity contribution is 5.54. The second-order valence-corrected chi connectivity index (χ2v) is 3.53. The Hall–Kier alpha value is -1.35. The van der Waals surface area contributed by atoms with E-state index in [0.717, 1.165) is 23.9 Å². The van der Waals surface area contributed by atoms with Crippen LogP contribution in [0.5, 0.6) is 0 Å². The molecule has 2 aromatic rings. The predicted molar refractivity (Wildman–Crippen MR) is 57.0 cm³/mol. The fourth-order valence-electron chi connectivity index (χ4n) is 1.71. The summed E-state index contributed by atoms with van der Waals surface area (Å²) in [7, 11) is 0. The van der Waals surface area contributed by atoms with E-state index in [1.165, 1.54) is 0 Å². The second kappa shape index (κ2) is 3.80. The molecule has 14 heavy (non-hydrogen) atoms. The molecule has 2 N–H and O–H groups in total. The van der Waals surface area contributed by atoms with Gasteiger partial charge in [0.15, 0.2) is 0 Å². The third kappa shape index (κ3) is 1.51. The molecular weight excluding hydrogens is 174 g/mol. The van der Waals surface area contributed by atoms with Gasteiger partial charge in [0.05, 0.1) is 11.7 Å². The number of hydrogen-bond acceptors (Lipinski definition) is 2.